The smallest absolute Gasteiger partial charge is 0.311 e. The minimum absolute atomic E-state index is 0.460. The maximum atomic E-state index is 11.7. The largest absolute Gasteiger partial charge is 0.496 e. The predicted octanol–water partition coefficient (Wildman–Crippen LogP) is 3.72. The van der Waals surface area contributed by atoms with Crippen LogP contribution >= 0.6 is 0 Å². The Balaban J connectivity index is 2.43. The summed E-state index contributed by atoms with van der Waals surface area (Å²) in [5, 5.41) is 9.63. The van der Waals surface area contributed by atoms with Gasteiger partial charge in [0.1, 0.15) is 5.75 Å². The van der Waals surface area contributed by atoms with Crippen LogP contribution in [-0.4, -0.2) is 18.2 Å². The van der Waals surface area contributed by atoms with Gasteiger partial charge in [-0.05, 0) is 37.5 Å². The molecule has 2 rings (SSSR count). The number of rotatable bonds is 5. The highest BCUT2D eigenvalue weighted by atomic mass is 16.5. The first-order valence-electron chi connectivity index (χ1n) is 6.94. The lowest BCUT2D eigenvalue weighted by Gasteiger charge is -2.18. The molecule has 1 N–H and O–H groups in total. The minimum atomic E-state index is -0.831. The van der Waals surface area contributed by atoms with Crippen molar-refractivity contribution in [2.75, 3.05) is 7.11 Å². The van der Waals surface area contributed by atoms with Gasteiger partial charge in [0, 0.05) is 5.56 Å². The molecule has 0 heterocycles. The Morgan fingerprint density at radius 3 is 2.52 bits per heavy atom. The highest BCUT2D eigenvalue weighted by molar-refractivity contribution is 5.78. The van der Waals surface area contributed by atoms with Crippen molar-refractivity contribution in [3.63, 3.8) is 0 Å². The first-order chi connectivity index (χ1) is 10.0. The molecule has 1 unspecified atom stereocenters. The average Bonchev–Trinajstić information content (AvgIpc) is 2.46. The summed E-state index contributed by atoms with van der Waals surface area (Å²) in [5.74, 6) is -0.815. The fourth-order valence-corrected chi connectivity index (χ4v) is 2.52. The molecule has 0 aromatic heterocycles. The maximum Gasteiger partial charge on any atom is 0.311 e. The third-order valence-corrected chi connectivity index (χ3v) is 3.74. The molecule has 2 aromatic rings. The van der Waals surface area contributed by atoms with Gasteiger partial charge in [0.05, 0.1) is 13.0 Å². The Bertz CT molecular complexity index is 647. The lowest BCUT2D eigenvalue weighted by molar-refractivity contribution is -0.138. The second kappa shape index (κ2) is 6.44. The molecule has 0 bridgehead atoms. The van der Waals surface area contributed by atoms with E-state index in [1.807, 2.05) is 56.3 Å². The number of aryl methyl sites for hydroxylation is 2. The van der Waals surface area contributed by atoms with Crippen LogP contribution in [0.25, 0.3) is 0 Å². The fraction of sp³-hybridized carbons (Fsp3) is 0.278. The van der Waals surface area contributed by atoms with Crippen LogP contribution in [0.5, 0.6) is 5.75 Å². The van der Waals surface area contributed by atoms with E-state index >= 15 is 0 Å². The number of ether oxygens (including phenoxy) is 1. The van der Waals surface area contributed by atoms with E-state index < -0.39 is 11.9 Å². The summed E-state index contributed by atoms with van der Waals surface area (Å²) in [6.07, 6.45) is 0.460. The number of benzene rings is 2. The lowest BCUT2D eigenvalue weighted by atomic mass is 9.89. The molecule has 0 radical (unpaired) electrons. The van der Waals surface area contributed by atoms with Gasteiger partial charge in [0.2, 0.25) is 0 Å². The monoisotopic (exact) mass is 284 g/mol. The molecule has 0 saturated carbocycles. The minimum Gasteiger partial charge on any atom is -0.496 e. The number of hydrogen-bond acceptors (Lipinski definition) is 2. The summed E-state index contributed by atoms with van der Waals surface area (Å²) in [5.41, 5.74) is 3.92. The third-order valence-electron chi connectivity index (χ3n) is 3.74. The predicted molar refractivity (Wildman–Crippen MR) is 83.0 cm³/mol. The van der Waals surface area contributed by atoms with Crippen molar-refractivity contribution in [3.8, 4) is 5.75 Å². The molecule has 0 saturated heterocycles. The van der Waals surface area contributed by atoms with Crippen molar-refractivity contribution in [2.24, 2.45) is 0 Å². The van der Waals surface area contributed by atoms with Gasteiger partial charge >= 0.3 is 5.97 Å². The molecule has 110 valence electrons. The van der Waals surface area contributed by atoms with E-state index in [1.165, 1.54) is 0 Å². The van der Waals surface area contributed by atoms with Crippen LogP contribution in [0.15, 0.2) is 42.5 Å². The molecule has 0 aliphatic heterocycles. The number of carboxylic acid groups (broad SMARTS) is 1. The lowest BCUT2D eigenvalue weighted by Crippen LogP contribution is -2.16. The number of carbonyl (C=O) groups is 1. The van der Waals surface area contributed by atoms with Gasteiger partial charge in [-0.2, -0.15) is 0 Å². The van der Waals surface area contributed by atoms with E-state index in [4.69, 9.17) is 4.74 Å². The topological polar surface area (TPSA) is 46.5 Å². The summed E-state index contributed by atoms with van der Waals surface area (Å²) >= 11 is 0. The highest BCUT2D eigenvalue weighted by Gasteiger charge is 2.24. The van der Waals surface area contributed by atoms with Crippen LogP contribution in [-0.2, 0) is 11.2 Å². The maximum absolute atomic E-state index is 11.7. The summed E-state index contributed by atoms with van der Waals surface area (Å²) in [6, 6.07) is 13.5. The Kier molecular flexibility index (Phi) is 4.63. The van der Waals surface area contributed by atoms with Crippen LogP contribution in [0.1, 0.15) is 28.2 Å². The summed E-state index contributed by atoms with van der Waals surface area (Å²) < 4.78 is 5.34. The second-order valence-electron chi connectivity index (χ2n) is 5.27. The molecular formula is C18H20O3. The summed E-state index contributed by atoms with van der Waals surface area (Å²) in [7, 11) is 1.57. The molecular weight excluding hydrogens is 264 g/mol. The van der Waals surface area contributed by atoms with Crippen molar-refractivity contribution in [3.05, 3.63) is 64.7 Å². The van der Waals surface area contributed by atoms with Crippen LogP contribution < -0.4 is 4.74 Å². The van der Waals surface area contributed by atoms with Gasteiger partial charge in [0.15, 0.2) is 0 Å². The molecule has 1 atom stereocenters. The van der Waals surface area contributed by atoms with E-state index in [0.29, 0.717) is 12.2 Å². The van der Waals surface area contributed by atoms with E-state index in [0.717, 1.165) is 22.3 Å². The van der Waals surface area contributed by atoms with Crippen molar-refractivity contribution in [2.45, 2.75) is 26.2 Å². The SMILES string of the molecule is COc1ccc(C)cc1C(Cc1ccccc1C)C(=O)O. The second-order valence-corrected chi connectivity index (χ2v) is 5.27. The standard InChI is InChI=1S/C18H20O3/c1-12-8-9-17(21-3)15(10-12)16(18(19)20)11-14-7-5-4-6-13(14)2/h4-10,16H,11H2,1-3H3,(H,19,20). The van der Waals surface area contributed by atoms with E-state index in [2.05, 4.69) is 0 Å². The first-order valence-corrected chi connectivity index (χ1v) is 6.94. The number of carboxylic acids is 1. The van der Waals surface area contributed by atoms with Crippen molar-refractivity contribution in [1.82, 2.24) is 0 Å². The third kappa shape index (κ3) is 3.43. The zero-order valence-electron chi connectivity index (χ0n) is 12.6. The van der Waals surface area contributed by atoms with Crippen LogP contribution in [0.2, 0.25) is 0 Å². The van der Waals surface area contributed by atoms with Crippen LogP contribution in [0.3, 0.4) is 0 Å². The number of hydrogen-bond donors (Lipinski definition) is 1. The zero-order chi connectivity index (χ0) is 15.4. The Hall–Kier alpha value is -2.29. The molecule has 0 aliphatic carbocycles. The van der Waals surface area contributed by atoms with Crippen molar-refractivity contribution in [1.29, 1.82) is 0 Å². The molecule has 21 heavy (non-hydrogen) atoms. The van der Waals surface area contributed by atoms with Crippen LogP contribution in [0.4, 0.5) is 0 Å². The molecule has 0 fully saturated rings. The van der Waals surface area contributed by atoms with Crippen LogP contribution in [0, 0.1) is 13.8 Å². The Morgan fingerprint density at radius 2 is 1.90 bits per heavy atom. The quantitative estimate of drug-likeness (QED) is 0.910. The van der Waals surface area contributed by atoms with Gasteiger partial charge in [-0.25, -0.2) is 0 Å². The Morgan fingerprint density at radius 1 is 1.19 bits per heavy atom. The molecule has 3 heteroatoms. The van der Waals surface area contributed by atoms with Gasteiger partial charge in [-0.1, -0.05) is 42.0 Å². The summed E-state index contributed by atoms with van der Waals surface area (Å²) in [4.78, 5) is 11.7. The van der Waals surface area contributed by atoms with E-state index in [-0.39, 0.29) is 0 Å². The van der Waals surface area contributed by atoms with Gasteiger partial charge in [-0.3, -0.25) is 4.79 Å². The summed E-state index contributed by atoms with van der Waals surface area (Å²) in [6.45, 7) is 3.96. The molecule has 0 spiro atoms. The fourth-order valence-electron chi connectivity index (χ4n) is 2.52. The number of methoxy groups -OCH3 is 1. The molecule has 2 aromatic carbocycles. The van der Waals surface area contributed by atoms with Gasteiger partial charge < -0.3 is 9.84 Å². The molecule has 0 aliphatic rings. The van der Waals surface area contributed by atoms with E-state index in [1.54, 1.807) is 7.11 Å². The van der Waals surface area contributed by atoms with E-state index in [9.17, 15) is 9.90 Å². The van der Waals surface area contributed by atoms with Gasteiger partial charge in [-0.15, -0.1) is 0 Å². The Labute approximate surface area is 125 Å². The first kappa shape index (κ1) is 15.1. The van der Waals surface area contributed by atoms with Crippen molar-refractivity contribution < 1.29 is 14.6 Å². The number of aliphatic carboxylic acids is 1. The molecule has 0 amide bonds. The zero-order valence-corrected chi connectivity index (χ0v) is 12.6. The molecule has 3 nitrogen and oxygen atoms in total. The highest BCUT2D eigenvalue weighted by Crippen LogP contribution is 2.31. The normalized spacial score (nSPS) is 12.0. The van der Waals surface area contributed by atoms with Gasteiger partial charge in [0.25, 0.3) is 0 Å². The average molecular weight is 284 g/mol. The van der Waals surface area contributed by atoms with Crippen molar-refractivity contribution >= 4 is 5.97 Å².